The van der Waals surface area contributed by atoms with Gasteiger partial charge in [0, 0.05) is 13.1 Å². The molecule has 1 atom stereocenters. The Morgan fingerprint density at radius 1 is 1.69 bits per heavy atom. The van der Waals surface area contributed by atoms with E-state index in [1.165, 1.54) is 11.1 Å². The molecular weight excluding hydrogens is 210 g/mol. The molecule has 1 aromatic rings. The Balaban J connectivity index is 2.22. The first-order valence-corrected chi connectivity index (χ1v) is 5.11. The topological polar surface area (TPSA) is 75.4 Å². The van der Waals surface area contributed by atoms with E-state index >= 15 is 0 Å². The number of hydrogen-bond donors (Lipinski definition) is 1. The lowest BCUT2D eigenvalue weighted by molar-refractivity contribution is -0.127. The lowest BCUT2D eigenvalue weighted by Gasteiger charge is -2.32. The van der Waals surface area contributed by atoms with Crippen LogP contribution in [0.25, 0.3) is 0 Å². The summed E-state index contributed by atoms with van der Waals surface area (Å²) in [6.45, 7) is 4.37. The first kappa shape index (κ1) is 10.7. The first-order chi connectivity index (χ1) is 7.61. The summed E-state index contributed by atoms with van der Waals surface area (Å²) >= 11 is 0. The number of aryl methyl sites for hydroxylation is 1. The Bertz CT molecular complexity index is 427. The van der Waals surface area contributed by atoms with Crippen LogP contribution in [0, 0.1) is 6.92 Å². The van der Waals surface area contributed by atoms with Gasteiger partial charge in [0.05, 0.1) is 6.20 Å². The zero-order valence-corrected chi connectivity index (χ0v) is 9.19. The zero-order valence-electron chi connectivity index (χ0n) is 9.19. The van der Waals surface area contributed by atoms with Gasteiger partial charge in [-0.1, -0.05) is 5.16 Å². The minimum absolute atomic E-state index is 0.131. The maximum Gasteiger partial charge on any atom is 0.259 e. The molecule has 0 radical (unpaired) electrons. The van der Waals surface area contributed by atoms with Crippen LogP contribution in [0.3, 0.4) is 0 Å². The van der Waals surface area contributed by atoms with Crippen molar-refractivity contribution >= 4 is 11.8 Å². The van der Waals surface area contributed by atoms with Crippen molar-refractivity contribution in [2.75, 3.05) is 13.1 Å². The van der Waals surface area contributed by atoms with Crippen molar-refractivity contribution < 1.29 is 14.1 Å². The van der Waals surface area contributed by atoms with Gasteiger partial charge in [0.2, 0.25) is 5.91 Å². The van der Waals surface area contributed by atoms with Gasteiger partial charge in [0.15, 0.2) is 0 Å². The van der Waals surface area contributed by atoms with Crippen LogP contribution in [0.15, 0.2) is 10.7 Å². The summed E-state index contributed by atoms with van der Waals surface area (Å²) in [6, 6.07) is -0.449. The number of rotatable bonds is 1. The molecule has 86 valence electrons. The standard InChI is InChI=1S/C10H13N3O3/c1-6-9(14)11-3-4-13(6)10(15)8-5-12-16-7(8)2/h5-6H,3-4H2,1-2H3,(H,11,14). The average molecular weight is 223 g/mol. The molecule has 1 N–H and O–H groups in total. The van der Waals surface area contributed by atoms with Gasteiger partial charge in [0.1, 0.15) is 17.4 Å². The van der Waals surface area contributed by atoms with Gasteiger partial charge in [-0.25, -0.2) is 0 Å². The highest BCUT2D eigenvalue weighted by molar-refractivity contribution is 5.98. The fraction of sp³-hybridized carbons (Fsp3) is 0.500. The van der Waals surface area contributed by atoms with Gasteiger partial charge >= 0.3 is 0 Å². The molecule has 0 aromatic carbocycles. The fourth-order valence-electron chi connectivity index (χ4n) is 1.72. The summed E-state index contributed by atoms with van der Waals surface area (Å²) in [7, 11) is 0. The monoisotopic (exact) mass is 223 g/mol. The van der Waals surface area contributed by atoms with Gasteiger partial charge in [-0.05, 0) is 13.8 Å². The third kappa shape index (κ3) is 1.66. The Hall–Kier alpha value is -1.85. The molecule has 2 amide bonds. The SMILES string of the molecule is Cc1oncc1C(=O)N1CCNC(=O)C1C. The van der Waals surface area contributed by atoms with E-state index in [4.69, 9.17) is 4.52 Å². The van der Waals surface area contributed by atoms with E-state index in [0.717, 1.165) is 0 Å². The van der Waals surface area contributed by atoms with Gasteiger partial charge in [0.25, 0.3) is 5.91 Å². The largest absolute Gasteiger partial charge is 0.361 e. The molecule has 0 bridgehead atoms. The molecular formula is C10H13N3O3. The number of amides is 2. The molecule has 1 aliphatic rings. The Labute approximate surface area is 92.6 Å². The van der Waals surface area contributed by atoms with Crippen LogP contribution in [0.2, 0.25) is 0 Å². The highest BCUT2D eigenvalue weighted by Gasteiger charge is 2.31. The summed E-state index contributed by atoms with van der Waals surface area (Å²) < 4.78 is 4.84. The maximum atomic E-state index is 12.1. The third-order valence-corrected chi connectivity index (χ3v) is 2.74. The smallest absolute Gasteiger partial charge is 0.259 e. The second kappa shape index (κ2) is 3.96. The van der Waals surface area contributed by atoms with Crippen LogP contribution in [-0.2, 0) is 4.79 Å². The van der Waals surface area contributed by atoms with E-state index in [9.17, 15) is 9.59 Å². The van der Waals surface area contributed by atoms with E-state index in [-0.39, 0.29) is 11.8 Å². The quantitative estimate of drug-likeness (QED) is 0.724. The Morgan fingerprint density at radius 3 is 3.06 bits per heavy atom. The highest BCUT2D eigenvalue weighted by atomic mass is 16.5. The maximum absolute atomic E-state index is 12.1. The van der Waals surface area contributed by atoms with Gasteiger partial charge < -0.3 is 14.7 Å². The molecule has 1 aromatic heterocycles. The number of piperazine rings is 1. The number of nitrogens with zero attached hydrogens (tertiary/aromatic N) is 2. The van der Waals surface area contributed by atoms with Crippen LogP contribution in [0.1, 0.15) is 23.0 Å². The minimum Gasteiger partial charge on any atom is -0.361 e. The number of nitrogens with one attached hydrogen (secondary N) is 1. The second-order valence-corrected chi connectivity index (χ2v) is 3.76. The molecule has 0 saturated carbocycles. The molecule has 2 heterocycles. The molecule has 1 saturated heterocycles. The van der Waals surface area contributed by atoms with E-state index < -0.39 is 6.04 Å². The van der Waals surface area contributed by atoms with E-state index in [2.05, 4.69) is 10.5 Å². The van der Waals surface area contributed by atoms with Crippen molar-refractivity contribution in [3.8, 4) is 0 Å². The van der Waals surface area contributed by atoms with Crippen LogP contribution >= 0.6 is 0 Å². The molecule has 1 aliphatic heterocycles. The first-order valence-electron chi connectivity index (χ1n) is 5.11. The van der Waals surface area contributed by atoms with E-state index in [1.54, 1.807) is 13.8 Å². The van der Waals surface area contributed by atoms with Crippen molar-refractivity contribution in [1.82, 2.24) is 15.4 Å². The van der Waals surface area contributed by atoms with E-state index in [0.29, 0.717) is 24.4 Å². The molecule has 0 spiro atoms. The van der Waals surface area contributed by atoms with Crippen molar-refractivity contribution in [2.24, 2.45) is 0 Å². The fourth-order valence-corrected chi connectivity index (χ4v) is 1.72. The summed E-state index contributed by atoms with van der Waals surface area (Å²) in [6.07, 6.45) is 1.39. The molecule has 1 fully saturated rings. The van der Waals surface area contributed by atoms with Crippen LogP contribution in [0.5, 0.6) is 0 Å². The summed E-state index contributed by atoms with van der Waals surface area (Å²) in [5.41, 5.74) is 0.418. The zero-order chi connectivity index (χ0) is 11.7. The van der Waals surface area contributed by atoms with Crippen LogP contribution < -0.4 is 5.32 Å². The molecule has 1 unspecified atom stereocenters. The number of hydrogen-bond acceptors (Lipinski definition) is 4. The molecule has 6 nitrogen and oxygen atoms in total. The van der Waals surface area contributed by atoms with Crippen molar-refractivity contribution in [1.29, 1.82) is 0 Å². The molecule has 0 aliphatic carbocycles. The van der Waals surface area contributed by atoms with Gasteiger partial charge in [-0.3, -0.25) is 9.59 Å². The lowest BCUT2D eigenvalue weighted by atomic mass is 10.1. The van der Waals surface area contributed by atoms with Crippen LogP contribution in [-0.4, -0.2) is 41.0 Å². The second-order valence-electron chi connectivity index (χ2n) is 3.76. The minimum atomic E-state index is -0.449. The Morgan fingerprint density at radius 2 is 2.44 bits per heavy atom. The van der Waals surface area contributed by atoms with Crippen LogP contribution in [0.4, 0.5) is 0 Å². The molecule has 6 heteroatoms. The lowest BCUT2D eigenvalue weighted by Crippen LogP contribution is -2.55. The Kier molecular flexibility index (Phi) is 2.64. The number of aromatic nitrogens is 1. The van der Waals surface area contributed by atoms with Gasteiger partial charge in [-0.15, -0.1) is 0 Å². The van der Waals surface area contributed by atoms with Crippen molar-refractivity contribution in [3.05, 3.63) is 17.5 Å². The van der Waals surface area contributed by atoms with Crippen molar-refractivity contribution in [3.63, 3.8) is 0 Å². The summed E-state index contributed by atoms with van der Waals surface area (Å²) in [4.78, 5) is 25.0. The summed E-state index contributed by atoms with van der Waals surface area (Å²) in [5.74, 6) is 0.137. The number of carbonyl (C=O) groups excluding carboxylic acids is 2. The summed E-state index contributed by atoms with van der Waals surface area (Å²) in [5, 5.41) is 6.26. The molecule has 2 rings (SSSR count). The highest BCUT2D eigenvalue weighted by Crippen LogP contribution is 2.13. The van der Waals surface area contributed by atoms with E-state index in [1.807, 2.05) is 0 Å². The average Bonchev–Trinajstić information content (AvgIpc) is 2.68. The predicted octanol–water partition coefficient (Wildman–Crippen LogP) is -0.0565. The predicted molar refractivity (Wildman–Crippen MR) is 54.7 cm³/mol. The third-order valence-electron chi connectivity index (χ3n) is 2.74. The number of carbonyl (C=O) groups is 2. The van der Waals surface area contributed by atoms with Gasteiger partial charge in [-0.2, -0.15) is 0 Å². The van der Waals surface area contributed by atoms with Crippen molar-refractivity contribution in [2.45, 2.75) is 19.9 Å². The normalized spacial score (nSPS) is 20.8. The molecule has 16 heavy (non-hydrogen) atoms.